The van der Waals surface area contributed by atoms with Gasteiger partial charge < -0.3 is 4.74 Å². The first-order valence-electron chi connectivity index (χ1n) is 3.22. The van der Waals surface area contributed by atoms with Gasteiger partial charge in [0.2, 0.25) is 0 Å². The molecule has 0 amide bonds. The third-order valence-electron chi connectivity index (χ3n) is 1.10. The largest absolute Gasteiger partial charge is 0.379 e. The molecule has 0 spiro atoms. The molecule has 0 aliphatic rings. The molecule has 0 heterocycles. The van der Waals surface area contributed by atoms with E-state index in [-0.39, 0.29) is 0 Å². The molecule has 8 heavy (non-hydrogen) atoms. The van der Waals surface area contributed by atoms with Crippen molar-refractivity contribution in [3.8, 4) is 0 Å². The van der Waals surface area contributed by atoms with Gasteiger partial charge in [-0.05, 0) is 20.3 Å². The van der Waals surface area contributed by atoms with Crippen LogP contribution in [0.5, 0.6) is 0 Å². The van der Waals surface area contributed by atoms with Gasteiger partial charge in [0, 0.05) is 6.61 Å². The maximum absolute atomic E-state index is 5.17. The van der Waals surface area contributed by atoms with Crippen LogP contribution in [0.2, 0.25) is 0 Å². The third kappa shape index (κ3) is 4.13. The molecule has 0 saturated carbocycles. The van der Waals surface area contributed by atoms with E-state index in [0.717, 1.165) is 6.42 Å². The van der Waals surface area contributed by atoms with Crippen LogP contribution < -0.4 is 0 Å². The molecule has 0 N–H and O–H groups in total. The molecule has 0 fully saturated rings. The molecule has 0 aliphatic carbocycles. The Kier molecular flexibility index (Phi) is 5.08. The highest BCUT2D eigenvalue weighted by molar-refractivity contribution is 4.47. The van der Waals surface area contributed by atoms with Crippen molar-refractivity contribution in [1.82, 2.24) is 0 Å². The maximum Gasteiger partial charge on any atom is 0.0546 e. The van der Waals surface area contributed by atoms with E-state index in [1.807, 2.05) is 0 Å². The lowest BCUT2D eigenvalue weighted by Gasteiger charge is -2.07. The van der Waals surface area contributed by atoms with Crippen molar-refractivity contribution in [3.05, 3.63) is 6.92 Å². The van der Waals surface area contributed by atoms with Gasteiger partial charge in [0.1, 0.15) is 0 Å². The van der Waals surface area contributed by atoms with E-state index < -0.39 is 0 Å². The van der Waals surface area contributed by atoms with E-state index in [4.69, 9.17) is 4.74 Å². The predicted molar refractivity (Wildman–Crippen MR) is 35.7 cm³/mol. The second-order valence-corrected chi connectivity index (χ2v) is 1.97. The highest BCUT2D eigenvalue weighted by Crippen LogP contribution is 1.98. The van der Waals surface area contributed by atoms with Crippen molar-refractivity contribution in [2.45, 2.75) is 32.8 Å². The summed E-state index contributed by atoms with van der Waals surface area (Å²) in [5.41, 5.74) is 0. The van der Waals surface area contributed by atoms with Gasteiger partial charge in [-0.15, -0.1) is 0 Å². The van der Waals surface area contributed by atoms with Crippen molar-refractivity contribution in [2.75, 3.05) is 6.61 Å². The topological polar surface area (TPSA) is 9.23 Å². The molecule has 0 rings (SSSR count). The molecule has 0 bridgehead atoms. The molecule has 0 saturated heterocycles. The third-order valence-corrected chi connectivity index (χ3v) is 1.10. The van der Waals surface area contributed by atoms with Crippen molar-refractivity contribution < 1.29 is 4.74 Å². The Morgan fingerprint density at radius 1 is 1.62 bits per heavy atom. The maximum atomic E-state index is 5.17. The summed E-state index contributed by atoms with van der Waals surface area (Å²) in [6.45, 7) is 8.42. The SMILES string of the molecule is [CH2]COC(C)CCC. The van der Waals surface area contributed by atoms with E-state index in [1.54, 1.807) is 0 Å². The minimum Gasteiger partial charge on any atom is -0.379 e. The summed E-state index contributed by atoms with van der Waals surface area (Å²) in [6.07, 6.45) is 2.74. The lowest BCUT2D eigenvalue weighted by atomic mass is 10.2. The molecule has 0 aromatic rings. The van der Waals surface area contributed by atoms with Crippen molar-refractivity contribution >= 4 is 0 Å². The Bertz CT molecular complexity index is 37.7. The first-order valence-corrected chi connectivity index (χ1v) is 3.22. The Labute approximate surface area is 52.0 Å². The van der Waals surface area contributed by atoms with Crippen LogP contribution in [0.25, 0.3) is 0 Å². The fourth-order valence-electron chi connectivity index (χ4n) is 0.691. The first kappa shape index (κ1) is 7.96. The molecule has 1 heteroatoms. The summed E-state index contributed by atoms with van der Waals surface area (Å²) in [4.78, 5) is 0. The lowest BCUT2D eigenvalue weighted by Crippen LogP contribution is -2.06. The van der Waals surface area contributed by atoms with Gasteiger partial charge in [-0.3, -0.25) is 0 Å². The quantitative estimate of drug-likeness (QED) is 0.544. The molecular formula is C7H15O. The molecule has 1 unspecified atom stereocenters. The van der Waals surface area contributed by atoms with Crippen LogP contribution in [-0.2, 0) is 4.74 Å². The molecule has 1 nitrogen and oxygen atoms in total. The van der Waals surface area contributed by atoms with Crippen molar-refractivity contribution in [3.63, 3.8) is 0 Å². The first-order chi connectivity index (χ1) is 3.81. The number of hydrogen-bond donors (Lipinski definition) is 0. The molecular weight excluding hydrogens is 100 g/mol. The van der Waals surface area contributed by atoms with Crippen LogP contribution in [0.15, 0.2) is 0 Å². The van der Waals surface area contributed by atoms with Crippen LogP contribution >= 0.6 is 0 Å². The highest BCUT2D eigenvalue weighted by atomic mass is 16.5. The molecule has 1 radical (unpaired) electrons. The van der Waals surface area contributed by atoms with E-state index in [2.05, 4.69) is 20.8 Å². The smallest absolute Gasteiger partial charge is 0.0546 e. The van der Waals surface area contributed by atoms with Crippen LogP contribution in [-0.4, -0.2) is 12.7 Å². The average Bonchev–Trinajstić information content (AvgIpc) is 1.68. The monoisotopic (exact) mass is 115 g/mol. The predicted octanol–water partition coefficient (Wildman–Crippen LogP) is 2.03. The summed E-state index contributed by atoms with van der Waals surface area (Å²) in [5.74, 6) is 0. The number of hydrogen-bond acceptors (Lipinski definition) is 1. The van der Waals surface area contributed by atoms with Gasteiger partial charge in [-0.1, -0.05) is 13.3 Å². The fraction of sp³-hybridized carbons (Fsp3) is 0.857. The van der Waals surface area contributed by atoms with Gasteiger partial charge in [-0.25, -0.2) is 0 Å². The van der Waals surface area contributed by atoms with Crippen LogP contribution in [0, 0.1) is 6.92 Å². The molecule has 49 valence electrons. The Morgan fingerprint density at radius 3 is 2.62 bits per heavy atom. The van der Waals surface area contributed by atoms with Gasteiger partial charge in [-0.2, -0.15) is 0 Å². The zero-order valence-electron chi connectivity index (χ0n) is 5.81. The second kappa shape index (κ2) is 5.10. The zero-order chi connectivity index (χ0) is 6.41. The van der Waals surface area contributed by atoms with E-state index in [9.17, 15) is 0 Å². The number of ether oxygens (including phenoxy) is 1. The second-order valence-electron chi connectivity index (χ2n) is 1.97. The zero-order valence-corrected chi connectivity index (χ0v) is 5.81. The normalized spacial score (nSPS) is 13.9. The Balaban J connectivity index is 2.92. The Hall–Kier alpha value is -0.0400. The highest BCUT2D eigenvalue weighted by Gasteiger charge is 1.95. The van der Waals surface area contributed by atoms with E-state index in [0.29, 0.717) is 12.7 Å². The molecule has 0 aromatic heterocycles. The van der Waals surface area contributed by atoms with Crippen LogP contribution in [0.4, 0.5) is 0 Å². The summed E-state index contributed by atoms with van der Waals surface area (Å²) >= 11 is 0. The minimum absolute atomic E-state index is 0.400. The van der Waals surface area contributed by atoms with Crippen LogP contribution in [0.3, 0.4) is 0 Å². The molecule has 0 aliphatic heterocycles. The fourth-order valence-corrected chi connectivity index (χ4v) is 0.691. The summed E-state index contributed by atoms with van der Waals surface area (Å²) < 4.78 is 5.17. The van der Waals surface area contributed by atoms with E-state index >= 15 is 0 Å². The molecule has 1 atom stereocenters. The number of rotatable bonds is 4. The summed E-state index contributed by atoms with van der Waals surface area (Å²) in [6, 6.07) is 0. The minimum atomic E-state index is 0.400. The standard InChI is InChI=1S/C7H15O/c1-4-6-7(3)8-5-2/h7H,2,4-6H2,1,3H3. The lowest BCUT2D eigenvalue weighted by molar-refractivity contribution is 0.0803. The average molecular weight is 115 g/mol. The van der Waals surface area contributed by atoms with Crippen molar-refractivity contribution in [2.24, 2.45) is 0 Å². The van der Waals surface area contributed by atoms with Gasteiger partial charge in [0.15, 0.2) is 0 Å². The summed E-state index contributed by atoms with van der Waals surface area (Å²) in [7, 11) is 0. The van der Waals surface area contributed by atoms with Gasteiger partial charge in [0.05, 0.1) is 6.10 Å². The van der Waals surface area contributed by atoms with Gasteiger partial charge >= 0.3 is 0 Å². The van der Waals surface area contributed by atoms with Gasteiger partial charge in [0.25, 0.3) is 0 Å². The van der Waals surface area contributed by atoms with Crippen molar-refractivity contribution in [1.29, 1.82) is 0 Å². The Morgan fingerprint density at radius 2 is 2.25 bits per heavy atom. The summed E-state index contributed by atoms with van der Waals surface area (Å²) in [5, 5.41) is 0. The van der Waals surface area contributed by atoms with E-state index in [1.165, 1.54) is 6.42 Å². The molecule has 0 aromatic carbocycles. The van der Waals surface area contributed by atoms with Crippen LogP contribution in [0.1, 0.15) is 26.7 Å².